The van der Waals surface area contributed by atoms with Crippen molar-refractivity contribution in [2.75, 3.05) is 31.9 Å². The van der Waals surface area contributed by atoms with Gasteiger partial charge in [-0.25, -0.2) is 0 Å². The van der Waals surface area contributed by atoms with Crippen molar-refractivity contribution in [2.24, 2.45) is 0 Å². The summed E-state index contributed by atoms with van der Waals surface area (Å²) in [6, 6.07) is 9.20. The van der Waals surface area contributed by atoms with E-state index in [0.29, 0.717) is 0 Å². The molecule has 2 aliphatic rings. The van der Waals surface area contributed by atoms with Gasteiger partial charge in [-0.05, 0) is 30.5 Å². The molecule has 1 saturated carbocycles. The second-order valence-electron chi connectivity index (χ2n) is 5.28. The number of hydrogen-bond donors (Lipinski definition) is 1. The molecule has 1 aliphatic heterocycles. The fraction of sp³-hybridized carbons (Fsp3) is 0.571. The topological polar surface area (TPSA) is 32.5 Å². The normalized spacial score (nSPS) is 19.4. The fourth-order valence-electron chi connectivity index (χ4n) is 2.61. The highest BCUT2D eigenvalue weighted by Gasteiger charge is 2.30. The predicted molar refractivity (Wildman–Crippen MR) is 92.5 cm³/mol. The zero-order valence-electron chi connectivity index (χ0n) is 11.5. The molecule has 1 aliphatic carbocycles. The molecule has 0 amide bonds. The molecule has 1 aromatic carbocycles. The van der Waals surface area contributed by atoms with Crippen molar-refractivity contribution in [3.8, 4) is 0 Å². The molecule has 0 unspecified atom stereocenters. The van der Waals surface area contributed by atoms with Crippen molar-refractivity contribution in [1.29, 1.82) is 0 Å². The zero-order valence-corrected chi connectivity index (χ0v) is 14.0. The molecule has 1 heterocycles. The molecular weight excluding hydrogens is 317 g/mol. The molecule has 1 saturated heterocycles. The third-order valence-corrected chi connectivity index (χ3v) is 3.86. The average Bonchev–Trinajstić information content (AvgIpc) is 3.17. The minimum absolute atomic E-state index is 0. The first-order valence-electron chi connectivity index (χ1n) is 6.62. The molecule has 2 N–H and O–H groups in total. The summed E-state index contributed by atoms with van der Waals surface area (Å²) in [7, 11) is 0. The van der Waals surface area contributed by atoms with Gasteiger partial charge in [0.1, 0.15) is 0 Å². The minimum atomic E-state index is 0. The molecule has 3 rings (SSSR count). The Labute approximate surface area is 140 Å². The highest BCUT2D eigenvalue weighted by atomic mass is 35.5. The minimum Gasteiger partial charge on any atom is -0.399 e. The highest BCUT2D eigenvalue weighted by molar-refractivity contribution is 5.86. The summed E-state index contributed by atoms with van der Waals surface area (Å²) < 4.78 is 0. The molecule has 3 nitrogen and oxygen atoms in total. The van der Waals surface area contributed by atoms with Gasteiger partial charge in [0, 0.05) is 44.5 Å². The number of benzene rings is 1. The van der Waals surface area contributed by atoms with E-state index in [-0.39, 0.29) is 37.2 Å². The Morgan fingerprint density at radius 3 is 1.95 bits per heavy atom. The van der Waals surface area contributed by atoms with Crippen LogP contribution in [0.1, 0.15) is 18.4 Å². The van der Waals surface area contributed by atoms with Gasteiger partial charge in [-0.3, -0.25) is 9.80 Å². The number of hydrogen-bond acceptors (Lipinski definition) is 3. The van der Waals surface area contributed by atoms with Gasteiger partial charge in [-0.2, -0.15) is 0 Å². The second-order valence-corrected chi connectivity index (χ2v) is 5.28. The third-order valence-electron chi connectivity index (χ3n) is 3.86. The van der Waals surface area contributed by atoms with Crippen molar-refractivity contribution in [2.45, 2.75) is 25.4 Å². The maximum absolute atomic E-state index is 5.70. The first kappa shape index (κ1) is 19.8. The van der Waals surface area contributed by atoms with Crippen LogP contribution in [0.3, 0.4) is 0 Å². The number of nitrogens with zero attached hydrogens (tertiary/aromatic N) is 2. The van der Waals surface area contributed by atoms with Crippen LogP contribution in [0.4, 0.5) is 5.69 Å². The van der Waals surface area contributed by atoms with Crippen molar-refractivity contribution in [3.63, 3.8) is 0 Å². The van der Waals surface area contributed by atoms with Gasteiger partial charge in [-0.15, -0.1) is 37.2 Å². The lowest BCUT2D eigenvalue weighted by Crippen LogP contribution is -2.46. The standard InChI is InChI=1S/C14H21N3.3ClH/c15-13-3-1-12(2-4-13)11-16-7-9-17(10-8-16)14-5-6-14;;;/h1-4,14H,5-11,15H2;3*1H. The van der Waals surface area contributed by atoms with Gasteiger partial charge in [0.15, 0.2) is 0 Å². The van der Waals surface area contributed by atoms with Crippen LogP contribution in [0, 0.1) is 0 Å². The largest absolute Gasteiger partial charge is 0.399 e. The van der Waals surface area contributed by atoms with E-state index in [1.54, 1.807) is 0 Å². The third kappa shape index (κ3) is 5.30. The Morgan fingerprint density at radius 1 is 0.900 bits per heavy atom. The Kier molecular flexibility index (Phi) is 8.87. The maximum atomic E-state index is 5.70. The summed E-state index contributed by atoms with van der Waals surface area (Å²) in [5, 5.41) is 0. The van der Waals surface area contributed by atoms with Gasteiger partial charge in [0.2, 0.25) is 0 Å². The predicted octanol–water partition coefficient (Wildman–Crippen LogP) is 2.81. The van der Waals surface area contributed by atoms with Crippen molar-refractivity contribution in [1.82, 2.24) is 9.80 Å². The first-order valence-corrected chi connectivity index (χ1v) is 6.62. The van der Waals surface area contributed by atoms with Gasteiger partial charge in [0.05, 0.1) is 0 Å². The number of anilines is 1. The Balaban J connectivity index is 0.00000120. The molecule has 0 atom stereocenters. The average molecular weight is 341 g/mol. The lowest BCUT2D eigenvalue weighted by molar-refractivity contribution is 0.121. The fourth-order valence-corrected chi connectivity index (χ4v) is 2.61. The van der Waals surface area contributed by atoms with Gasteiger partial charge >= 0.3 is 0 Å². The maximum Gasteiger partial charge on any atom is 0.0314 e. The zero-order chi connectivity index (χ0) is 11.7. The van der Waals surface area contributed by atoms with E-state index in [9.17, 15) is 0 Å². The SMILES string of the molecule is Cl.Cl.Cl.Nc1ccc(CN2CCN(C3CC3)CC2)cc1. The van der Waals surface area contributed by atoms with Crippen LogP contribution in [0.2, 0.25) is 0 Å². The number of piperazine rings is 1. The van der Waals surface area contributed by atoms with Crippen LogP contribution in [0.25, 0.3) is 0 Å². The van der Waals surface area contributed by atoms with E-state index in [4.69, 9.17) is 5.73 Å². The Morgan fingerprint density at radius 2 is 1.45 bits per heavy atom. The molecule has 0 spiro atoms. The Bertz CT molecular complexity index is 374. The van der Waals surface area contributed by atoms with Crippen molar-refractivity contribution >= 4 is 42.9 Å². The monoisotopic (exact) mass is 339 g/mol. The van der Waals surface area contributed by atoms with E-state index in [1.807, 2.05) is 12.1 Å². The van der Waals surface area contributed by atoms with Crippen LogP contribution >= 0.6 is 37.2 Å². The molecule has 0 aromatic heterocycles. The second kappa shape index (κ2) is 8.96. The van der Waals surface area contributed by atoms with Crippen LogP contribution in [-0.2, 0) is 6.54 Å². The summed E-state index contributed by atoms with van der Waals surface area (Å²) in [5.41, 5.74) is 7.93. The summed E-state index contributed by atoms with van der Waals surface area (Å²) >= 11 is 0. The van der Waals surface area contributed by atoms with E-state index in [0.717, 1.165) is 18.3 Å². The van der Waals surface area contributed by atoms with Gasteiger partial charge in [0.25, 0.3) is 0 Å². The first-order chi connectivity index (χ1) is 8.31. The van der Waals surface area contributed by atoms with Gasteiger partial charge in [-0.1, -0.05) is 12.1 Å². The lowest BCUT2D eigenvalue weighted by atomic mass is 10.2. The summed E-state index contributed by atoms with van der Waals surface area (Å²) in [6.45, 7) is 5.99. The highest BCUT2D eigenvalue weighted by Crippen LogP contribution is 2.27. The van der Waals surface area contributed by atoms with Gasteiger partial charge < -0.3 is 5.73 Å². The van der Waals surface area contributed by atoms with Crippen LogP contribution in [0.5, 0.6) is 0 Å². The van der Waals surface area contributed by atoms with E-state index in [1.165, 1.54) is 44.6 Å². The molecule has 2 fully saturated rings. The number of nitrogen functional groups attached to an aromatic ring is 1. The quantitative estimate of drug-likeness (QED) is 0.859. The Hall–Kier alpha value is -0.190. The summed E-state index contributed by atoms with van der Waals surface area (Å²) in [4.78, 5) is 5.20. The van der Waals surface area contributed by atoms with E-state index < -0.39 is 0 Å². The number of rotatable bonds is 3. The smallest absolute Gasteiger partial charge is 0.0314 e. The van der Waals surface area contributed by atoms with E-state index in [2.05, 4.69) is 21.9 Å². The molecule has 6 heteroatoms. The molecule has 1 aromatic rings. The summed E-state index contributed by atoms with van der Waals surface area (Å²) in [5.74, 6) is 0. The molecule has 0 bridgehead atoms. The molecule has 0 radical (unpaired) electrons. The molecular formula is C14H24Cl3N3. The van der Waals surface area contributed by atoms with Crippen LogP contribution in [-0.4, -0.2) is 42.0 Å². The van der Waals surface area contributed by atoms with E-state index >= 15 is 0 Å². The van der Waals surface area contributed by atoms with Crippen LogP contribution in [0.15, 0.2) is 24.3 Å². The molecule has 20 heavy (non-hydrogen) atoms. The lowest BCUT2D eigenvalue weighted by Gasteiger charge is -2.34. The molecule has 116 valence electrons. The van der Waals surface area contributed by atoms with Crippen molar-refractivity contribution in [3.05, 3.63) is 29.8 Å². The van der Waals surface area contributed by atoms with Crippen LogP contribution < -0.4 is 5.73 Å². The summed E-state index contributed by atoms with van der Waals surface area (Å²) in [6.07, 6.45) is 2.86. The number of halogens is 3. The van der Waals surface area contributed by atoms with Crippen molar-refractivity contribution < 1.29 is 0 Å². The number of nitrogens with two attached hydrogens (primary N) is 1.